The van der Waals surface area contributed by atoms with Crippen molar-refractivity contribution in [3.63, 3.8) is 0 Å². The van der Waals surface area contributed by atoms with Crippen molar-refractivity contribution in [3.05, 3.63) is 101 Å². The predicted octanol–water partition coefficient (Wildman–Crippen LogP) is 5.13. The molecule has 4 rings (SSSR count). The first-order valence-corrected chi connectivity index (χ1v) is 12.1. The van der Waals surface area contributed by atoms with Crippen molar-refractivity contribution in [2.75, 3.05) is 18.6 Å². The van der Waals surface area contributed by atoms with E-state index < -0.39 is 17.7 Å². The average molecular weight is 500 g/mol. The van der Waals surface area contributed by atoms with E-state index in [1.54, 1.807) is 48.5 Å². The van der Waals surface area contributed by atoms with E-state index in [4.69, 9.17) is 9.47 Å². The molecule has 1 aliphatic rings. The van der Waals surface area contributed by atoms with Crippen LogP contribution in [0.2, 0.25) is 0 Å². The summed E-state index contributed by atoms with van der Waals surface area (Å²) in [5, 5.41) is 11.3. The van der Waals surface area contributed by atoms with Crippen LogP contribution < -0.4 is 9.64 Å². The number of amides is 1. The fourth-order valence-electron chi connectivity index (χ4n) is 4.38. The highest BCUT2D eigenvalue weighted by Gasteiger charge is 2.47. The number of ketones is 1. The largest absolute Gasteiger partial charge is 0.507 e. The van der Waals surface area contributed by atoms with Crippen LogP contribution in [0.3, 0.4) is 0 Å². The Morgan fingerprint density at radius 1 is 0.973 bits per heavy atom. The molecule has 1 fully saturated rings. The van der Waals surface area contributed by atoms with Gasteiger partial charge >= 0.3 is 5.97 Å². The molecule has 7 heteroatoms. The third-order valence-corrected chi connectivity index (χ3v) is 6.32. The zero-order chi connectivity index (χ0) is 26.5. The van der Waals surface area contributed by atoms with E-state index >= 15 is 0 Å². The molecule has 1 amide bonds. The summed E-state index contributed by atoms with van der Waals surface area (Å²) in [4.78, 5) is 39.8. The SMILES string of the molecule is CCCOc1ccc(/C(O)=C2/C(=O)C(=O)N(c3ccc(CC(=O)OC)cc3)C2c2ccccc2C)cc1. The summed E-state index contributed by atoms with van der Waals surface area (Å²) >= 11 is 0. The zero-order valence-corrected chi connectivity index (χ0v) is 21.1. The van der Waals surface area contributed by atoms with Gasteiger partial charge in [-0.15, -0.1) is 0 Å². The summed E-state index contributed by atoms with van der Waals surface area (Å²) in [7, 11) is 1.32. The highest BCUT2D eigenvalue weighted by Crippen LogP contribution is 2.43. The van der Waals surface area contributed by atoms with E-state index in [1.165, 1.54) is 12.0 Å². The van der Waals surface area contributed by atoms with Crippen LogP contribution in [0.5, 0.6) is 5.75 Å². The molecule has 1 heterocycles. The molecule has 1 saturated heterocycles. The van der Waals surface area contributed by atoms with E-state index in [2.05, 4.69) is 0 Å². The number of aliphatic hydroxyl groups is 1. The molecule has 190 valence electrons. The molecule has 0 saturated carbocycles. The van der Waals surface area contributed by atoms with E-state index in [0.29, 0.717) is 29.2 Å². The van der Waals surface area contributed by atoms with Crippen LogP contribution >= 0.6 is 0 Å². The maximum absolute atomic E-state index is 13.4. The molecule has 0 spiro atoms. The minimum absolute atomic E-state index is 0.0140. The van der Waals surface area contributed by atoms with Crippen molar-refractivity contribution in [2.45, 2.75) is 32.7 Å². The Labute approximate surface area is 215 Å². The highest BCUT2D eigenvalue weighted by molar-refractivity contribution is 6.51. The van der Waals surface area contributed by atoms with Crippen LogP contribution in [0.25, 0.3) is 5.76 Å². The van der Waals surface area contributed by atoms with Gasteiger partial charge in [-0.25, -0.2) is 0 Å². The minimum atomic E-state index is -0.830. The molecule has 0 radical (unpaired) electrons. The van der Waals surface area contributed by atoms with Crippen LogP contribution in [0, 0.1) is 6.92 Å². The molecule has 3 aromatic rings. The lowest BCUT2D eigenvalue weighted by Crippen LogP contribution is -2.29. The summed E-state index contributed by atoms with van der Waals surface area (Å²) in [5.41, 5.74) is 3.21. The number of aryl methyl sites for hydroxylation is 1. The van der Waals surface area contributed by atoms with Gasteiger partial charge in [0, 0.05) is 11.3 Å². The fourth-order valence-corrected chi connectivity index (χ4v) is 4.38. The first-order valence-electron chi connectivity index (χ1n) is 12.1. The molecule has 37 heavy (non-hydrogen) atoms. The Balaban J connectivity index is 1.80. The topological polar surface area (TPSA) is 93.1 Å². The van der Waals surface area contributed by atoms with Gasteiger partial charge in [0.2, 0.25) is 0 Å². The second kappa shape index (κ2) is 11.1. The lowest BCUT2D eigenvalue weighted by atomic mass is 9.92. The second-order valence-electron chi connectivity index (χ2n) is 8.82. The van der Waals surface area contributed by atoms with Crippen LogP contribution in [-0.4, -0.2) is 36.5 Å². The predicted molar refractivity (Wildman–Crippen MR) is 140 cm³/mol. The Hall–Kier alpha value is -4.39. The molecule has 0 aliphatic carbocycles. The van der Waals surface area contributed by atoms with Gasteiger partial charge in [0.15, 0.2) is 0 Å². The van der Waals surface area contributed by atoms with Crippen molar-refractivity contribution in [2.24, 2.45) is 0 Å². The molecule has 0 bridgehead atoms. The lowest BCUT2D eigenvalue weighted by Gasteiger charge is -2.26. The van der Waals surface area contributed by atoms with Crippen molar-refractivity contribution in [1.82, 2.24) is 0 Å². The van der Waals surface area contributed by atoms with E-state index in [-0.39, 0.29) is 23.7 Å². The van der Waals surface area contributed by atoms with Crippen molar-refractivity contribution < 1.29 is 29.0 Å². The first-order chi connectivity index (χ1) is 17.8. The molecular formula is C30H29NO6. The van der Waals surface area contributed by atoms with Gasteiger partial charge in [-0.3, -0.25) is 19.3 Å². The van der Waals surface area contributed by atoms with Crippen LogP contribution in [0.4, 0.5) is 5.69 Å². The smallest absolute Gasteiger partial charge is 0.309 e. The van der Waals surface area contributed by atoms with Gasteiger partial charge in [0.05, 0.1) is 31.8 Å². The van der Waals surface area contributed by atoms with Crippen LogP contribution in [-0.2, 0) is 25.5 Å². The quantitative estimate of drug-likeness (QED) is 0.200. The summed E-state index contributed by atoms with van der Waals surface area (Å²) in [6.07, 6.45) is 0.958. The summed E-state index contributed by atoms with van der Waals surface area (Å²) < 4.78 is 10.3. The first kappa shape index (κ1) is 25.7. The van der Waals surface area contributed by atoms with Gasteiger partial charge < -0.3 is 14.6 Å². The highest BCUT2D eigenvalue weighted by atomic mass is 16.5. The number of nitrogens with zero attached hydrogens (tertiary/aromatic N) is 1. The van der Waals surface area contributed by atoms with Crippen LogP contribution in [0.1, 0.15) is 41.6 Å². The van der Waals surface area contributed by atoms with Crippen molar-refractivity contribution >= 4 is 29.1 Å². The molecule has 0 aromatic heterocycles. The molecule has 1 aliphatic heterocycles. The number of carbonyl (C=O) groups excluding carboxylic acids is 3. The maximum Gasteiger partial charge on any atom is 0.309 e. The molecule has 1 N–H and O–H groups in total. The number of hydrogen-bond acceptors (Lipinski definition) is 6. The third-order valence-electron chi connectivity index (χ3n) is 6.32. The Kier molecular flexibility index (Phi) is 7.72. The molecule has 3 aromatic carbocycles. The fraction of sp³-hybridized carbons (Fsp3) is 0.233. The van der Waals surface area contributed by atoms with Gasteiger partial charge in [0.1, 0.15) is 11.5 Å². The van der Waals surface area contributed by atoms with E-state index in [1.807, 2.05) is 38.1 Å². The van der Waals surface area contributed by atoms with Gasteiger partial charge in [-0.1, -0.05) is 43.3 Å². The standard InChI is InChI=1S/C30H29NO6/c1-4-17-37-23-15-11-21(12-16-23)28(33)26-27(24-8-6-5-7-19(24)2)31(30(35)29(26)34)22-13-9-20(10-14-22)18-25(32)36-3/h5-16,27,33H,4,17-18H2,1-3H3/b28-26-. The second-order valence-corrected chi connectivity index (χ2v) is 8.82. The average Bonchev–Trinajstić information content (AvgIpc) is 3.18. The zero-order valence-electron chi connectivity index (χ0n) is 21.1. The number of aliphatic hydroxyl groups excluding tert-OH is 1. The molecule has 1 atom stereocenters. The summed E-state index contributed by atoms with van der Waals surface area (Å²) in [6, 6.07) is 20.2. The van der Waals surface area contributed by atoms with Gasteiger partial charge in [-0.05, 0) is 66.4 Å². The van der Waals surface area contributed by atoms with Gasteiger partial charge in [-0.2, -0.15) is 0 Å². The summed E-state index contributed by atoms with van der Waals surface area (Å²) in [6.45, 7) is 4.48. The van der Waals surface area contributed by atoms with E-state index in [0.717, 1.165) is 17.5 Å². The van der Waals surface area contributed by atoms with Gasteiger partial charge in [0.25, 0.3) is 11.7 Å². The number of methoxy groups -OCH3 is 1. The number of carbonyl (C=O) groups is 3. The lowest BCUT2D eigenvalue weighted by molar-refractivity contribution is -0.139. The third kappa shape index (κ3) is 5.26. The Morgan fingerprint density at radius 3 is 2.27 bits per heavy atom. The number of Topliss-reactive ketones (excluding diaryl/α,β-unsaturated/α-hetero) is 1. The minimum Gasteiger partial charge on any atom is -0.507 e. The number of benzene rings is 3. The van der Waals surface area contributed by atoms with Crippen molar-refractivity contribution in [1.29, 1.82) is 0 Å². The monoisotopic (exact) mass is 499 g/mol. The Morgan fingerprint density at radius 2 is 1.65 bits per heavy atom. The van der Waals surface area contributed by atoms with E-state index in [9.17, 15) is 19.5 Å². The number of ether oxygens (including phenoxy) is 2. The summed E-state index contributed by atoms with van der Waals surface area (Å²) in [5.74, 6) is -1.48. The normalized spacial score (nSPS) is 16.6. The Bertz CT molecular complexity index is 1340. The number of esters is 1. The van der Waals surface area contributed by atoms with Crippen molar-refractivity contribution in [3.8, 4) is 5.75 Å². The molecule has 7 nitrogen and oxygen atoms in total. The number of rotatable bonds is 8. The number of hydrogen-bond donors (Lipinski definition) is 1. The van der Waals surface area contributed by atoms with Crippen LogP contribution in [0.15, 0.2) is 78.4 Å². The number of anilines is 1. The molecular weight excluding hydrogens is 470 g/mol. The molecule has 1 unspecified atom stereocenters. The maximum atomic E-state index is 13.4.